The minimum Gasteiger partial charge on any atom is -0.494 e. The maximum atomic E-state index is 5.74. The van der Waals surface area contributed by atoms with Crippen molar-refractivity contribution in [3.8, 4) is 5.75 Å². The van der Waals surface area contributed by atoms with Crippen molar-refractivity contribution in [2.24, 2.45) is 0 Å². The Labute approximate surface area is 157 Å². The molecule has 1 aliphatic heterocycles. The SMILES string of the molecule is CCOc1ccc(N2C(=S)N[C@H](c3ccccn3)[C@H]2c2ccco2)cc1. The molecule has 0 aliphatic carbocycles. The highest BCUT2D eigenvalue weighted by molar-refractivity contribution is 7.80. The van der Waals surface area contributed by atoms with E-state index in [0.717, 1.165) is 22.9 Å². The van der Waals surface area contributed by atoms with Gasteiger partial charge >= 0.3 is 0 Å². The summed E-state index contributed by atoms with van der Waals surface area (Å²) in [6, 6.07) is 17.5. The summed E-state index contributed by atoms with van der Waals surface area (Å²) in [4.78, 5) is 6.58. The topological polar surface area (TPSA) is 50.5 Å². The second-order valence-electron chi connectivity index (χ2n) is 5.94. The van der Waals surface area contributed by atoms with E-state index in [0.29, 0.717) is 11.7 Å². The summed E-state index contributed by atoms with van der Waals surface area (Å²) in [5.74, 6) is 1.67. The Balaban J connectivity index is 1.73. The first kappa shape index (κ1) is 16.6. The molecular formula is C20H19N3O2S. The summed E-state index contributed by atoms with van der Waals surface area (Å²) in [6.45, 7) is 2.61. The Kier molecular flexibility index (Phi) is 4.58. The quantitative estimate of drug-likeness (QED) is 0.682. The summed E-state index contributed by atoms with van der Waals surface area (Å²) in [7, 11) is 0. The molecule has 2 aromatic heterocycles. The van der Waals surface area contributed by atoms with Gasteiger partial charge in [0.05, 0.1) is 24.6 Å². The van der Waals surface area contributed by atoms with E-state index in [9.17, 15) is 0 Å². The molecule has 0 unspecified atom stereocenters. The molecule has 1 fully saturated rings. The molecule has 0 spiro atoms. The number of pyridine rings is 1. The minimum atomic E-state index is -0.120. The van der Waals surface area contributed by atoms with Crippen molar-refractivity contribution in [1.29, 1.82) is 0 Å². The first-order chi connectivity index (χ1) is 12.8. The molecular weight excluding hydrogens is 346 g/mol. The average Bonchev–Trinajstić information content (AvgIpc) is 3.31. The van der Waals surface area contributed by atoms with Crippen LogP contribution in [0.5, 0.6) is 5.75 Å². The van der Waals surface area contributed by atoms with E-state index in [-0.39, 0.29) is 12.1 Å². The van der Waals surface area contributed by atoms with E-state index in [1.54, 1.807) is 12.5 Å². The summed E-state index contributed by atoms with van der Waals surface area (Å²) >= 11 is 5.65. The Hall–Kier alpha value is -2.86. The predicted molar refractivity (Wildman–Crippen MR) is 104 cm³/mol. The van der Waals surface area contributed by atoms with Crippen LogP contribution in [0.3, 0.4) is 0 Å². The van der Waals surface area contributed by atoms with E-state index < -0.39 is 0 Å². The van der Waals surface area contributed by atoms with Crippen LogP contribution in [-0.2, 0) is 0 Å². The third-order valence-corrected chi connectivity index (χ3v) is 4.67. The van der Waals surface area contributed by atoms with E-state index >= 15 is 0 Å². The lowest BCUT2D eigenvalue weighted by Crippen LogP contribution is -2.29. The van der Waals surface area contributed by atoms with Crippen molar-refractivity contribution < 1.29 is 9.15 Å². The molecule has 1 aliphatic rings. The first-order valence-corrected chi connectivity index (χ1v) is 8.95. The zero-order valence-electron chi connectivity index (χ0n) is 14.3. The van der Waals surface area contributed by atoms with Gasteiger partial charge in [-0.2, -0.15) is 0 Å². The van der Waals surface area contributed by atoms with Crippen LogP contribution in [0, 0.1) is 0 Å². The van der Waals surface area contributed by atoms with Crippen LogP contribution in [-0.4, -0.2) is 16.7 Å². The third-order valence-electron chi connectivity index (χ3n) is 4.36. The largest absolute Gasteiger partial charge is 0.494 e. The van der Waals surface area contributed by atoms with Crippen LogP contribution < -0.4 is 15.0 Å². The maximum absolute atomic E-state index is 5.74. The van der Waals surface area contributed by atoms with Gasteiger partial charge in [-0.3, -0.25) is 4.98 Å². The van der Waals surface area contributed by atoms with E-state index in [4.69, 9.17) is 21.4 Å². The zero-order chi connectivity index (χ0) is 17.9. The monoisotopic (exact) mass is 365 g/mol. The van der Waals surface area contributed by atoms with Crippen molar-refractivity contribution in [3.05, 3.63) is 78.5 Å². The molecule has 5 nitrogen and oxygen atoms in total. The number of ether oxygens (including phenoxy) is 1. The zero-order valence-corrected chi connectivity index (χ0v) is 15.1. The minimum absolute atomic E-state index is 0.0959. The van der Waals surface area contributed by atoms with Crippen molar-refractivity contribution in [2.45, 2.75) is 19.0 Å². The standard InChI is InChI=1S/C20H19N3O2S/c1-2-24-15-10-8-14(9-11-15)23-19(17-7-5-13-25-17)18(22-20(23)26)16-6-3-4-12-21-16/h3-13,18-19H,2H2,1H3,(H,22,26)/t18-,19-/m1/s1. The summed E-state index contributed by atoms with van der Waals surface area (Å²) in [5.41, 5.74) is 1.90. The smallest absolute Gasteiger partial charge is 0.174 e. The fourth-order valence-corrected chi connectivity index (χ4v) is 3.60. The van der Waals surface area contributed by atoms with Gasteiger partial charge in [-0.25, -0.2) is 0 Å². The Bertz CT molecular complexity index is 866. The van der Waals surface area contributed by atoms with Crippen molar-refractivity contribution in [1.82, 2.24) is 10.3 Å². The number of hydrogen-bond donors (Lipinski definition) is 1. The van der Waals surface area contributed by atoms with Crippen molar-refractivity contribution in [2.75, 3.05) is 11.5 Å². The highest BCUT2D eigenvalue weighted by Gasteiger charge is 2.42. The van der Waals surface area contributed by atoms with Gasteiger partial charge in [0.1, 0.15) is 17.6 Å². The number of thiocarbonyl (C=S) groups is 1. The van der Waals surface area contributed by atoms with Crippen molar-refractivity contribution in [3.63, 3.8) is 0 Å². The number of furan rings is 1. The van der Waals surface area contributed by atoms with Crippen LogP contribution >= 0.6 is 12.2 Å². The summed E-state index contributed by atoms with van der Waals surface area (Å²) in [6.07, 6.45) is 3.47. The van der Waals surface area contributed by atoms with E-state index in [1.165, 1.54) is 0 Å². The fourth-order valence-electron chi connectivity index (χ4n) is 3.25. The molecule has 0 saturated carbocycles. The van der Waals surface area contributed by atoms with Gasteiger partial charge in [0.2, 0.25) is 0 Å². The van der Waals surface area contributed by atoms with Crippen LogP contribution in [0.4, 0.5) is 5.69 Å². The predicted octanol–water partition coefficient (Wildman–Crippen LogP) is 4.25. The lowest BCUT2D eigenvalue weighted by molar-refractivity contribution is 0.340. The number of hydrogen-bond acceptors (Lipinski definition) is 4. The molecule has 4 rings (SSSR count). The lowest BCUT2D eigenvalue weighted by atomic mass is 10.0. The van der Waals surface area contributed by atoms with Crippen molar-refractivity contribution >= 4 is 23.0 Å². The van der Waals surface area contributed by atoms with E-state index in [1.807, 2.05) is 61.5 Å². The second-order valence-corrected chi connectivity index (χ2v) is 6.33. The molecule has 0 bridgehead atoms. The highest BCUT2D eigenvalue weighted by Crippen LogP contribution is 2.41. The third kappa shape index (κ3) is 3.04. The molecule has 3 heterocycles. The Morgan fingerprint density at radius 2 is 2.00 bits per heavy atom. The van der Waals surface area contributed by atoms with Gasteiger partial charge in [-0.05, 0) is 67.7 Å². The number of anilines is 1. The second kappa shape index (κ2) is 7.17. The first-order valence-electron chi connectivity index (χ1n) is 8.55. The molecule has 26 heavy (non-hydrogen) atoms. The van der Waals surface area contributed by atoms with Crippen LogP contribution in [0.25, 0.3) is 0 Å². The van der Waals surface area contributed by atoms with Gasteiger partial charge in [0, 0.05) is 11.9 Å². The Morgan fingerprint density at radius 1 is 1.15 bits per heavy atom. The fraction of sp³-hybridized carbons (Fsp3) is 0.200. The maximum Gasteiger partial charge on any atom is 0.174 e. The van der Waals surface area contributed by atoms with Crippen LogP contribution in [0.2, 0.25) is 0 Å². The van der Waals surface area contributed by atoms with Crippen LogP contribution in [0.1, 0.15) is 30.5 Å². The molecule has 132 valence electrons. The number of benzene rings is 1. The summed E-state index contributed by atoms with van der Waals surface area (Å²) < 4.78 is 11.3. The van der Waals surface area contributed by atoms with Gasteiger partial charge in [0.15, 0.2) is 5.11 Å². The molecule has 3 aromatic rings. The number of rotatable bonds is 5. The normalized spacial score (nSPS) is 19.4. The molecule has 2 atom stereocenters. The highest BCUT2D eigenvalue weighted by atomic mass is 32.1. The molecule has 1 aromatic carbocycles. The van der Waals surface area contributed by atoms with Crippen LogP contribution in [0.15, 0.2) is 71.5 Å². The number of nitrogens with one attached hydrogen (secondary N) is 1. The molecule has 1 saturated heterocycles. The van der Waals surface area contributed by atoms with Gasteiger partial charge in [-0.15, -0.1) is 0 Å². The van der Waals surface area contributed by atoms with Gasteiger partial charge in [-0.1, -0.05) is 6.07 Å². The van der Waals surface area contributed by atoms with E-state index in [2.05, 4.69) is 15.2 Å². The molecule has 1 N–H and O–H groups in total. The molecule has 6 heteroatoms. The average molecular weight is 365 g/mol. The Morgan fingerprint density at radius 3 is 2.65 bits per heavy atom. The molecule has 0 radical (unpaired) electrons. The number of nitrogens with zero attached hydrogens (tertiary/aromatic N) is 2. The summed E-state index contributed by atoms with van der Waals surface area (Å²) in [5, 5.41) is 4.05. The number of aromatic nitrogens is 1. The van der Waals surface area contributed by atoms with Gasteiger partial charge < -0.3 is 19.4 Å². The lowest BCUT2D eigenvalue weighted by Gasteiger charge is -2.26. The van der Waals surface area contributed by atoms with Gasteiger partial charge in [0.25, 0.3) is 0 Å². The molecule has 0 amide bonds.